The van der Waals surface area contributed by atoms with Crippen LogP contribution in [0.4, 0.5) is 10.5 Å². The second-order valence-electron chi connectivity index (χ2n) is 11.5. The van der Waals surface area contributed by atoms with Crippen molar-refractivity contribution in [2.45, 2.75) is 98.9 Å². The van der Waals surface area contributed by atoms with E-state index in [1.165, 1.54) is 0 Å². The van der Waals surface area contributed by atoms with Gasteiger partial charge in [-0.25, -0.2) is 4.79 Å². The van der Waals surface area contributed by atoms with Crippen molar-refractivity contribution in [2.75, 3.05) is 17.3 Å². The Morgan fingerprint density at radius 2 is 1.60 bits per heavy atom. The molecule has 2 N–H and O–H groups in total. The third-order valence-corrected chi connectivity index (χ3v) is 7.67. The lowest BCUT2D eigenvalue weighted by atomic mass is 9.96. The fourth-order valence-electron chi connectivity index (χ4n) is 4.49. The number of thioether (sulfide) groups is 1. The molecule has 3 amide bonds. The summed E-state index contributed by atoms with van der Waals surface area (Å²) >= 11 is 1.59. The van der Waals surface area contributed by atoms with Crippen LogP contribution >= 0.6 is 11.8 Å². The third kappa shape index (κ3) is 9.01. The van der Waals surface area contributed by atoms with Gasteiger partial charge in [0.2, 0.25) is 5.91 Å². The molecular weight excluding hydrogens is 522 g/mol. The van der Waals surface area contributed by atoms with Crippen LogP contribution in [0.25, 0.3) is 0 Å². The number of hydrogen-bond acceptors (Lipinski definition) is 5. The molecule has 0 aliphatic rings. The van der Waals surface area contributed by atoms with Crippen LogP contribution in [0.2, 0.25) is 0 Å². The van der Waals surface area contributed by atoms with Gasteiger partial charge in [0.15, 0.2) is 0 Å². The van der Waals surface area contributed by atoms with Gasteiger partial charge in [-0.15, -0.1) is 0 Å². The number of anilines is 1. The number of ether oxygens (including phenoxy) is 1. The van der Waals surface area contributed by atoms with Gasteiger partial charge in [0.1, 0.15) is 17.7 Å². The van der Waals surface area contributed by atoms with Crippen LogP contribution in [-0.4, -0.2) is 52.5 Å². The van der Waals surface area contributed by atoms with Gasteiger partial charge < -0.3 is 20.3 Å². The summed E-state index contributed by atoms with van der Waals surface area (Å²) in [5, 5.41) is 5.93. The average Bonchev–Trinajstić information content (AvgIpc) is 2.87. The van der Waals surface area contributed by atoms with Crippen LogP contribution in [0.1, 0.15) is 81.3 Å². The number of hydrogen-bond donors (Lipinski definition) is 2. The van der Waals surface area contributed by atoms with Crippen molar-refractivity contribution in [3.05, 3.63) is 64.2 Å². The topological polar surface area (TPSA) is 87.7 Å². The zero-order valence-corrected chi connectivity index (χ0v) is 26.6. The van der Waals surface area contributed by atoms with Crippen LogP contribution in [0.3, 0.4) is 0 Å². The molecule has 40 heavy (non-hydrogen) atoms. The number of nitrogens with one attached hydrogen (secondary N) is 2. The first-order valence-electron chi connectivity index (χ1n) is 13.9. The molecule has 0 aliphatic carbocycles. The van der Waals surface area contributed by atoms with Crippen molar-refractivity contribution < 1.29 is 19.1 Å². The van der Waals surface area contributed by atoms with Crippen molar-refractivity contribution in [3.8, 4) is 0 Å². The number of aryl methyl sites for hydroxylation is 4. The molecule has 7 nitrogen and oxygen atoms in total. The molecule has 0 heterocycles. The van der Waals surface area contributed by atoms with E-state index in [0.29, 0.717) is 18.6 Å². The van der Waals surface area contributed by atoms with Crippen LogP contribution in [0.15, 0.2) is 36.4 Å². The van der Waals surface area contributed by atoms with Gasteiger partial charge in [0.05, 0.1) is 0 Å². The lowest BCUT2D eigenvalue weighted by molar-refractivity contribution is -0.143. The number of carbonyl (C=O) groups excluding carboxylic acids is 3. The molecule has 0 radical (unpaired) electrons. The summed E-state index contributed by atoms with van der Waals surface area (Å²) in [6.07, 6.45) is 2.34. The van der Waals surface area contributed by atoms with Crippen LogP contribution < -0.4 is 10.6 Å². The van der Waals surface area contributed by atoms with E-state index < -0.39 is 23.8 Å². The maximum absolute atomic E-state index is 14.4. The lowest BCUT2D eigenvalue weighted by Gasteiger charge is -2.38. The molecule has 220 valence electrons. The minimum absolute atomic E-state index is 0.278. The van der Waals surface area contributed by atoms with Crippen LogP contribution in [-0.2, 0) is 14.3 Å². The molecule has 0 aromatic heterocycles. The molecule has 0 spiro atoms. The van der Waals surface area contributed by atoms with Crippen molar-refractivity contribution in [2.24, 2.45) is 0 Å². The Morgan fingerprint density at radius 1 is 0.975 bits per heavy atom. The smallest absolute Gasteiger partial charge is 0.408 e. The monoisotopic (exact) mass is 569 g/mol. The lowest BCUT2D eigenvalue weighted by Crippen LogP contribution is -2.55. The SMILES string of the molecule is CCC(C)N(C(=O)C(CCSC)NC(=O)OC(C)(C)C)C(C(=O)Nc1c(C)cccc1C)c1ccc(C)c(C)c1. The fourth-order valence-corrected chi connectivity index (χ4v) is 4.97. The van der Waals surface area contributed by atoms with E-state index >= 15 is 0 Å². The first kappa shape index (κ1) is 33.2. The zero-order valence-electron chi connectivity index (χ0n) is 25.8. The summed E-state index contributed by atoms with van der Waals surface area (Å²) < 4.78 is 5.48. The van der Waals surface area contributed by atoms with E-state index in [1.807, 2.05) is 84.2 Å². The molecule has 0 saturated heterocycles. The van der Waals surface area contributed by atoms with Gasteiger partial charge in [-0.05, 0) is 108 Å². The van der Waals surface area contributed by atoms with Crippen LogP contribution in [0.5, 0.6) is 0 Å². The number of para-hydroxylation sites is 1. The molecule has 8 heteroatoms. The van der Waals surface area contributed by atoms with Crippen molar-refractivity contribution in [1.29, 1.82) is 0 Å². The number of alkyl carbamates (subject to hydrolysis) is 1. The Morgan fingerprint density at radius 3 is 2.12 bits per heavy atom. The molecule has 0 saturated carbocycles. The molecule has 3 unspecified atom stereocenters. The van der Waals surface area contributed by atoms with Gasteiger partial charge in [-0.3, -0.25) is 9.59 Å². The first-order chi connectivity index (χ1) is 18.7. The molecule has 0 aliphatic heterocycles. The number of amides is 3. The summed E-state index contributed by atoms with van der Waals surface area (Å²) in [5.74, 6) is 0.0491. The van der Waals surface area contributed by atoms with Crippen LogP contribution in [0, 0.1) is 27.7 Å². The summed E-state index contributed by atoms with van der Waals surface area (Å²) in [7, 11) is 0. The van der Waals surface area contributed by atoms with Crippen molar-refractivity contribution >= 4 is 35.4 Å². The molecule has 2 aromatic carbocycles. The van der Waals surface area contributed by atoms with E-state index in [9.17, 15) is 14.4 Å². The third-order valence-electron chi connectivity index (χ3n) is 7.02. The number of nitrogens with zero attached hydrogens (tertiary/aromatic N) is 1. The Bertz CT molecular complexity index is 1170. The Hall–Kier alpha value is -3.00. The highest BCUT2D eigenvalue weighted by Gasteiger charge is 2.38. The standard InChI is InChI=1S/C32H47N3O4S/c1-11-24(6)35(30(37)26(17-18-40-10)33-31(38)39-32(7,8)9)28(25-16-15-20(2)23(5)19-25)29(36)34-27-21(3)13-12-14-22(27)4/h12-16,19,24,26,28H,11,17-18H2,1-10H3,(H,33,38)(H,34,36). The minimum Gasteiger partial charge on any atom is -0.444 e. The van der Waals surface area contributed by atoms with E-state index in [4.69, 9.17) is 4.74 Å². The minimum atomic E-state index is -0.905. The number of rotatable bonds is 11. The summed E-state index contributed by atoms with van der Waals surface area (Å²) in [5.41, 5.74) is 4.77. The number of benzene rings is 2. The van der Waals surface area contributed by atoms with Crippen molar-refractivity contribution in [3.63, 3.8) is 0 Å². The fraction of sp³-hybridized carbons (Fsp3) is 0.531. The molecule has 3 atom stereocenters. The molecule has 0 bridgehead atoms. The maximum atomic E-state index is 14.4. The van der Waals surface area contributed by atoms with Crippen molar-refractivity contribution in [1.82, 2.24) is 10.2 Å². The Kier molecular flexibility index (Phi) is 12.1. The van der Waals surface area contributed by atoms with Gasteiger partial charge >= 0.3 is 6.09 Å². The summed E-state index contributed by atoms with van der Waals surface area (Å²) in [6, 6.07) is 9.70. The second kappa shape index (κ2) is 14.6. The number of carbonyl (C=O) groups is 3. The molecule has 2 aromatic rings. The van der Waals surface area contributed by atoms with E-state index in [-0.39, 0.29) is 17.9 Å². The molecular formula is C32H47N3O4S. The molecule has 0 fully saturated rings. The van der Waals surface area contributed by atoms with E-state index in [2.05, 4.69) is 10.6 Å². The van der Waals surface area contributed by atoms with Gasteiger partial charge in [-0.1, -0.05) is 43.3 Å². The van der Waals surface area contributed by atoms with E-state index in [0.717, 1.165) is 33.5 Å². The first-order valence-corrected chi connectivity index (χ1v) is 15.3. The highest BCUT2D eigenvalue weighted by atomic mass is 32.2. The summed E-state index contributed by atoms with van der Waals surface area (Å²) in [6.45, 7) is 17.2. The average molecular weight is 570 g/mol. The van der Waals surface area contributed by atoms with Gasteiger partial charge in [-0.2, -0.15) is 11.8 Å². The normalized spacial score (nSPS) is 13.7. The molecule has 2 rings (SSSR count). The highest BCUT2D eigenvalue weighted by molar-refractivity contribution is 7.98. The largest absolute Gasteiger partial charge is 0.444 e. The summed E-state index contributed by atoms with van der Waals surface area (Å²) in [4.78, 5) is 43.0. The highest BCUT2D eigenvalue weighted by Crippen LogP contribution is 2.30. The predicted octanol–water partition coefficient (Wildman–Crippen LogP) is 6.87. The Balaban J connectivity index is 2.63. The van der Waals surface area contributed by atoms with Gasteiger partial charge in [0.25, 0.3) is 5.91 Å². The predicted molar refractivity (Wildman–Crippen MR) is 166 cm³/mol. The maximum Gasteiger partial charge on any atom is 0.408 e. The quantitative estimate of drug-likeness (QED) is 0.308. The van der Waals surface area contributed by atoms with Gasteiger partial charge in [0, 0.05) is 11.7 Å². The Labute approximate surface area is 244 Å². The second-order valence-corrected chi connectivity index (χ2v) is 12.5. The zero-order chi connectivity index (χ0) is 30.2. The van der Waals surface area contributed by atoms with E-state index in [1.54, 1.807) is 37.4 Å².